The lowest BCUT2D eigenvalue weighted by atomic mass is 10.6. The third-order valence-corrected chi connectivity index (χ3v) is 3.62. The molecule has 0 aromatic rings. The molecular formula is C9H15N3. The van der Waals surface area contributed by atoms with Gasteiger partial charge in [0, 0.05) is 57.4 Å². The maximum atomic E-state index is 2.64. The van der Waals surface area contributed by atoms with Crippen molar-refractivity contribution < 1.29 is 0 Å². The van der Waals surface area contributed by atoms with E-state index < -0.39 is 0 Å². The molecule has 4 fully saturated rings. The Morgan fingerprint density at radius 2 is 0.750 bits per heavy atom. The van der Waals surface area contributed by atoms with Gasteiger partial charge in [-0.05, 0) is 0 Å². The number of hydrogen-bond acceptors (Lipinski definition) is 3. The molecule has 4 aliphatic rings. The molecule has 0 aromatic carbocycles. The van der Waals surface area contributed by atoms with Gasteiger partial charge in [-0.3, -0.25) is 14.7 Å². The van der Waals surface area contributed by atoms with Gasteiger partial charge in [0.05, 0.1) is 0 Å². The molecule has 0 atom stereocenters. The van der Waals surface area contributed by atoms with Crippen molar-refractivity contribution in [3.05, 3.63) is 0 Å². The van der Waals surface area contributed by atoms with Gasteiger partial charge in [-0.25, -0.2) is 0 Å². The average molecular weight is 165 g/mol. The molecule has 3 heteroatoms. The van der Waals surface area contributed by atoms with Crippen LogP contribution in [-0.4, -0.2) is 72.1 Å². The van der Waals surface area contributed by atoms with E-state index >= 15 is 0 Å². The van der Waals surface area contributed by atoms with Crippen LogP contribution >= 0.6 is 0 Å². The lowest BCUT2D eigenvalue weighted by molar-refractivity contribution is 0.452. The molecule has 3 saturated heterocycles. The monoisotopic (exact) mass is 165 g/mol. The van der Waals surface area contributed by atoms with Gasteiger partial charge < -0.3 is 0 Å². The van der Waals surface area contributed by atoms with E-state index in [1.165, 1.54) is 39.3 Å². The molecule has 3 heterocycles. The van der Waals surface area contributed by atoms with Gasteiger partial charge in [0.15, 0.2) is 0 Å². The fraction of sp³-hybridized carbons (Fsp3) is 1.00. The van der Waals surface area contributed by atoms with E-state index in [-0.39, 0.29) is 0 Å². The van der Waals surface area contributed by atoms with Gasteiger partial charge in [0.25, 0.3) is 0 Å². The molecule has 0 amide bonds. The Morgan fingerprint density at radius 1 is 0.500 bits per heavy atom. The first-order valence-electron chi connectivity index (χ1n) is 5.17. The maximum Gasteiger partial charge on any atom is 0.0439 e. The summed E-state index contributed by atoms with van der Waals surface area (Å²) in [7, 11) is 0. The molecule has 0 N–H and O–H groups in total. The predicted octanol–water partition coefficient (Wildman–Crippen LogP) is -0.947. The molecule has 0 radical (unpaired) electrons. The van der Waals surface area contributed by atoms with Crippen molar-refractivity contribution in [2.24, 2.45) is 0 Å². The van der Waals surface area contributed by atoms with Gasteiger partial charge in [-0.1, -0.05) is 0 Å². The Balaban J connectivity index is 1.52. The summed E-state index contributed by atoms with van der Waals surface area (Å²) in [5.41, 5.74) is 0. The molecule has 12 heavy (non-hydrogen) atoms. The van der Waals surface area contributed by atoms with E-state index in [0.29, 0.717) is 0 Å². The summed E-state index contributed by atoms with van der Waals surface area (Å²) in [5.74, 6) is 0. The Bertz CT molecular complexity index is 174. The van der Waals surface area contributed by atoms with Crippen molar-refractivity contribution in [2.75, 3.05) is 39.3 Å². The first kappa shape index (κ1) is 6.35. The van der Waals surface area contributed by atoms with Gasteiger partial charge >= 0.3 is 0 Å². The normalized spacial score (nSPS) is 52.5. The molecule has 3 nitrogen and oxygen atoms in total. The van der Waals surface area contributed by atoms with Crippen LogP contribution in [0, 0.1) is 0 Å². The summed E-state index contributed by atoms with van der Waals surface area (Å²) < 4.78 is 0. The van der Waals surface area contributed by atoms with Gasteiger partial charge in [-0.15, -0.1) is 0 Å². The summed E-state index contributed by atoms with van der Waals surface area (Å²) in [5, 5.41) is 0. The van der Waals surface area contributed by atoms with Crippen LogP contribution in [0.15, 0.2) is 0 Å². The molecular weight excluding hydrogens is 150 g/mol. The number of nitrogens with zero attached hydrogens (tertiary/aromatic N) is 3. The summed E-state index contributed by atoms with van der Waals surface area (Å²) >= 11 is 0. The van der Waals surface area contributed by atoms with Crippen molar-refractivity contribution >= 4 is 0 Å². The van der Waals surface area contributed by atoms with Crippen molar-refractivity contribution in [3.8, 4) is 0 Å². The summed E-state index contributed by atoms with van der Waals surface area (Å²) in [6.45, 7) is 8.25. The van der Waals surface area contributed by atoms with Crippen molar-refractivity contribution in [3.63, 3.8) is 0 Å². The molecule has 0 unspecified atom stereocenters. The van der Waals surface area contributed by atoms with E-state index in [1.54, 1.807) is 0 Å². The van der Waals surface area contributed by atoms with Crippen LogP contribution in [-0.2, 0) is 0 Å². The molecule has 1 saturated carbocycles. The highest BCUT2D eigenvalue weighted by Gasteiger charge is 2.64. The minimum atomic E-state index is 0.940. The predicted molar refractivity (Wildman–Crippen MR) is 46.1 cm³/mol. The Labute approximate surface area is 72.9 Å². The van der Waals surface area contributed by atoms with E-state index in [9.17, 15) is 0 Å². The average Bonchev–Trinajstić information content (AvgIpc) is 2.81. The molecule has 66 valence electrons. The Kier molecular flexibility index (Phi) is 0.986. The highest BCUT2D eigenvalue weighted by atomic mass is 15.5. The Morgan fingerprint density at radius 3 is 0.917 bits per heavy atom. The zero-order valence-corrected chi connectivity index (χ0v) is 7.32. The zero-order chi connectivity index (χ0) is 7.71. The van der Waals surface area contributed by atoms with E-state index in [2.05, 4.69) is 14.7 Å². The molecule has 0 bridgehead atoms. The van der Waals surface area contributed by atoms with Crippen LogP contribution in [0.5, 0.6) is 0 Å². The molecule has 0 spiro atoms. The fourth-order valence-electron chi connectivity index (χ4n) is 2.63. The van der Waals surface area contributed by atoms with E-state index in [1.807, 2.05) is 0 Å². The minimum Gasteiger partial charge on any atom is -0.295 e. The lowest BCUT2D eigenvalue weighted by Gasteiger charge is -1.96. The quantitative estimate of drug-likeness (QED) is 0.499. The molecule has 0 aromatic heterocycles. The second-order valence-electron chi connectivity index (χ2n) is 4.58. The lowest BCUT2D eigenvalue weighted by Crippen LogP contribution is -2.11. The first-order valence-corrected chi connectivity index (χ1v) is 5.17. The smallest absolute Gasteiger partial charge is 0.0439 e. The number of hydrogen-bond donors (Lipinski definition) is 0. The second-order valence-corrected chi connectivity index (χ2v) is 4.58. The van der Waals surface area contributed by atoms with E-state index in [0.717, 1.165) is 18.1 Å². The summed E-state index contributed by atoms with van der Waals surface area (Å²) in [4.78, 5) is 7.93. The third kappa shape index (κ3) is 0.817. The summed E-state index contributed by atoms with van der Waals surface area (Å²) in [6, 6.07) is 2.82. The number of rotatable bonds is 3. The van der Waals surface area contributed by atoms with Crippen molar-refractivity contribution in [1.29, 1.82) is 0 Å². The molecule has 1 aliphatic carbocycles. The zero-order valence-electron chi connectivity index (χ0n) is 7.32. The van der Waals surface area contributed by atoms with Crippen LogP contribution < -0.4 is 0 Å². The second kappa shape index (κ2) is 1.86. The van der Waals surface area contributed by atoms with Crippen LogP contribution in [0.3, 0.4) is 0 Å². The fourth-order valence-corrected chi connectivity index (χ4v) is 2.63. The first-order chi connectivity index (χ1) is 5.95. The Hall–Kier alpha value is -0.120. The van der Waals surface area contributed by atoms with E-state index in [4.69, 9.17) is 0 Å². The van der Waals surface area contributed by atoms with Crippen molar-refractivity contribution in [1.82, 2.24) is 14.7 Å². The summed E-state index contributed by atoms with van der Waals surface area (Å²) in [6.07, 6.45) is 0. The SMILES string of the molecule is C1CN1C1C(N2CC2)C1N1CC1. The largest absolute Gasteiger partial charge is 0.295 e. The van der Waals surface area contributed by atoms with Crippen LogP contribution in [0.25, 0.3) is 0 Å². The maximum absolute atomic E-state index is 2.64. The highest BCUT2D eigenvalue weighted by molar-refractivity contribution is 5.23. The minimum absolute atomic E-state index is 0.940. The molecule has 4 rings (SSSR count). The van der Waals surface area contributed by atoms with Crippen molar-refractivity contribution in [2.45, 2.75) is 18.1 Å². The van der Waals surface area contributed by atoms with Crippen LogP contribution in [0.1, 0.15) is 0 Å². The van der Waals surface area contributed by atoms with Crippen LogP contribution in [0.4, 0.5) is 0 Å². The topological polar surface area (TPSA) is 9.03 Å². The standard InChI is InChI=1S/C9H15N3/c1-2-10(1)7-8(11-3-4-11)9(7)12-5-6-12/h7-9H,1-6H2. The highest BCUT2D eigenvalue weighted by Crippen LogP contribution is 2.45. The van der Waals surface area contributed by atoms with Gasteiger partial charge in [-0.2, -0.15) is 0 Å². The molecule has 3 aliphatic heterocycles. The third-order valence-electron chi connectivity index (χ3n) is 3.62. The van der Waals surface area contributed by atoms with Gasteiger partial charge in [0.2, 0.25) is 0 Å². The van der Waals surface area contributed by atoms with Gasteiger partial charge in [0.1, 0.15) is 0 Å². The van der Waals surface area contributed by atoms with Crippen LogP contribution in [0.2, 0.25) is 0 Å².